The lowest BCUT2D eigenvalue weighted by Gasteiger charge is -2.25. The number of amides is 1. The third-order valence-corrected chi connectivity index (χ3v) is 4.72. The van der Waals surface area contributed by atoms with Crippen molar-refractivity contribution in [3.8, 4) is 5.75 Å². The molecule has 0 radical (unpaired) electrons. The maximum atomic E-state index is 12.3. The Balaban J connectivity index is 2.00. The fourth-order valence-corrected chi connectivity index (χ4v) is 2.97. The SMILES string of the molecule is COc1ccccc1[C@H](C)N(C)CC(=O)Nc1cccc(SC)c1. The van der Waals surface area contributed by atoms with Crippen LogP contribution < -0.4 is 10.1 Å². The Hall–Kier alpha value is -1.98. The second-order valence-electron chi connectivity index (χ2n) is 5.61. The molecule has 1 N–H and O–H groups in total. The second-order valence-corrected chi connectivity index (χ2v) is 6.49. The van der Waals surface area contributed by atoms with Crippen molar-refractivity contribution in [2.75, 3.05) is 32.3 Å². The summed E-state index contributed by atoms with van der Waals surface area (Å²) in [5.41, 5.74) is 1.89. The molecular weight excluding hydrogens is 320 g/mol. The van der Waals surface area contributed by atoms with Crippen molar-refractivity contribution in [2.45, 2.75) is 17.9 Å². The molecule has 0 aromatic heterocycles. The van der Waals surface area contributed by atoms with E-state index in [1.165, 1.54) is 0 Å². The lowest BCUT2D eigenvalue weighted by molar-refractivity contribution is -0.117. The van der Waals surface area contributed by atoms with Crippen LogP contribution in [0, 0.1) is 0 Å². The molecule has 0 unspecified atom stereocenters. The van der Waals surface area contributed by atoms with Gasteiger partial charge in [-0.25, -0.2) is 0 Å². The van der Waals surface area contributed by atoms with Gasteiger partial charge in [0.05, 0.1) is 13.7 Å². The number of rotatable bonds is 7. The molecular formula is C19H24N2O2S. The second kappa shape index (κ2) is 8.76. The van der Waals surface area contributed by atoms with Gasteiger partial charge in [0, 0.05) is 22.2 Å². The fraction of sp³-hybridized carbons (Fsp3) is 0.316. The van der Waals surface area contributed by atoms with Crippen LogP contribution >= 0.6 is 11.8 Å². The zero-order valence-electron chi connectivity index (χ0n) is 14.6. The van der Waals surface area contributed by atoms with Gasteiger partial charge in [0.2, 0.25) is 5.91 Å². The molecule has 5 heteroatoms. The minimum atomic E-state index is -0.0301. The summed E-state index contributed by atoms with van der Waals surface area (Å²) in [4.78, 5) is 15.5. The number of para-hydroxylation sites is 1. The van der Waals surface area contributed by atoms with Crippen molar-refractivity contribution >= 4 is 23.4 Å². The van der Waals surface area contributed by atoms with Gasteiger partial charge in [0.15, 0.2) is 0 Å². The number of nitrogens with zero attached hydrogens (tertiary/aromatic N) is 1. The highest BCUT2D eigenvalue weighted by molar-refractivity contribution is 7.98. The van der Waals surface area contributed by atoms with E-state index in [1.807, 2.05) is 66.7 Å². The Kier molecular flexibility index (Phi) is 6.70. The highest BCUT2D eigenvalue weighted by Gasteiger charge is 2.18. The first-order chi connectivity index (χ1) is 11.5. The lowest BCUT2D eigenvalue weighted by atomic mass is 10.1. The standard InChI is InChI=1S/C19H24N2O2S/c1-14(17-10-5-6-11-18(17)23-3)21(2)13-19(22)20-15-8-7-9-16(12-15)24-4/h5-12,14H,13H2,1-4H3,(H,20,22)/t14-/m0/s1. The van der Waals surface area contributed by atoms with Gasteiger partial charge in [0.25, 0.3) is 0 Å². The van der Waals surface area contributed by atoms with E-state index < -0.39 is 0 Å². The molecule has 128 valence electrons. The lowest BCUT2D eigenvalue weighted by Crippen LogP contribution is -2.32. The molecule has 2 aromatic rings. The van der Waals surface area contributed by atoms with Gasteiger partial charge >= 0.3 is 0 Å². The molecule has 0 fully saturated rings. The number of nitrogens with one attached hydrogen (secondary N) is 1. The van der Waals surface area contributed by atoms with Gasteiger partial charge in [-0.15, -0.1) is 11.8 Å². The predicted molar refractivity (Wildman–Crippen MR) is 101 cm³/mol. The number of anilines is 1. The van der Waals surface area contributed by atoms with Crippen molar-refractivity contribution in [1.29, 1.82) is 0 Å². The summed E-state index contributed by atoms with van der Waals surface area (Å²) < 4.78 is 5.41. The van der Waals surface area contributed by atoms with E-state index in [0.717, 1.165) is 21.9 Å². The van der Waals surface area contributed by atoms with Crippen LogP contribution in [0.2, 0.25) is 0 Å². The van der Waals surface area contributed by atoms with Gasteiger partial charge < -0.3 is 10.1 Å². The molecule has 0 heterocycles. The van der Waals surface area contributed by atoms with Crippen LogP contribution in [0.3, 0.4) is 0 Å². The summed E-state index contributed by atoms with van der Waals surface area (Å²) in [6.45, 7) is 2.38. The molecule has 2 aromatic carbocycles. The normalized spacial score (nSPS) is 12.0. The van der Waals surface area contributed by atoms with Crippen molar-refractivity contribution in [1.82, 2.24) is 4.90 Å². The summed E-state index contributed by atoms with van der Waals surface area (Å²) in [5, 5.41) is 2.96. The van der Waals surface area contributed by atoms with Crippen LogP contribution in [0.1, 0.15) is 18.5 Å². The predicted octanol–water partition coefficient (Wildman–Crippen LogP) is 4.05. The smallest absolute Gasteiger partial charge is 0.238 e. The van der Waals surface area contributed by atoms with Crippen LogP contribution in [-0.2, 0) is 4.79 Å². The number of hydrogen-bond acceptors (Lipinski definition) is 4. The maximum Gasteiger partial charge on any atom is 0.238 e. The summed E-state index contributed by atoms with van der Waals surface area (Å²) in [7, 11) is 3.60. The van der Waals surface area contributed by atoms with Gasteiger partial charge in [-0.1, -0.05) is 24.3 Å². The first-order valence-corrected chi connectivity index (χ1v) is 9.04. The fourth-order valence-electron chi connectivity index (χ4n) is 2.51. The highest BCUT2D eigenvalue weighted by atomic mass is 32.2. The average Bonchev–Trinajstić information content (AvgIpc) is 2.60. The number of thioether (sulfide) groups is 1. The first kappa shape index (κ1) is 18.4. The zero-order valence-corrected chi connectivity index (χ0v) is 15.4. The van der Waals surface area contributed by atoms with Crippen molar-refractivity contribution in [3.63, 3.8) is 0 Å². The number of carbonyl (C=O) groups is 1. The molecule has 0 aliphatic carbocycles. The minimum Gasteiger partial charge on any atom is -0.496 e. The van der Waals surface area contributed by atoms with Crippen LogP contribution in [0.5, 0.6) is 5.75 Å². The third kappa shape index (κ3) is 4.76. The topological polar surface area (TPSA) is 41.6 Å². The molecule has 0 saturated carbocycles. The monoisotopic (exact) mass is 344 g/mol. The quantitative estimate of drug-likeness (QED) is 0.770. The van der Waals surface area contributed by atoms with Gasteiger partial charge in [-0.05, 0) is 44.5 Å². The van der Waals surface area contributed by atoms with E-state index in [0.29, 0.717) is 6.54 Å². The Bertz CT molecular complexity index is 691. The molecule has 4 nitrogen and oxygen atoms in total. The van der Waals surface area contributed by atoms with Crippen molar-refractivity contribution in [3.05, 3.63) is 54.1 Å². The van der Waals surface area contributed by atoms with E-state index in [1.54, 1.807) is 18.9 Å². The molecule has 24 heavy (non-hydrogen) atoms. The maximum absolute atomic E-state index is 12.3. The molecule has 2 rings (SSSR count). The van der Waals surface area contributed by atoms with Crippen LogP contribution in [0.25, 0.3) is 0 Å². The summed E-state index contributed by atoms with van der Waals surface area (Å²) in [6.07, 6.45) is 2.02. The number of methoxy groups -OCH3 is 1. The Morgan fingerprint density at radius 2 is 2.00 bits per heavy atom. The van der Waals surface area contributed by atoms with Crippen molar-refractivity contribution < 1.29 is 9.53 Å². The van der Waals surface area contributed by atoms with Gasteiger partial charge in [-0.3, -0.25) is 9.69 Å². The van der Waals surface area contributed by atoms with E-state index in [4.69, 9.17) is 4.74 Å². The molecule has 0 spiro atoms. The van der Waals surface area contributed by atoms with E-state index in [-0.39, 0.29) is 11.9 Å². The molecule has 1 atom stereocenters. The van der Waals surface area contributed by atoms with Crippen LogP contribution in [0.4, 0.5) is 5.69 Å². The minimum absolute atomic E-state index is 0.0301. The molecule has 0 aliphatic rings. The number of carbonyl (C=O) groups excluding carboxylic acids is 1. The highest BCUT2D eigenvalue weighted by Crippen LogP contribution is 2.28. The molecule has 0 aliphatic heterocycles. The molecule has 0 bridgehead atoms. The summed E-state index contributed by atoms with van der Waals surface area (Å²) in [5.74, 6) is 0.808. The largest absolute Gasteiger partial charge is 0.496 e. The number of hydrogen-bond donors (Lipinski definition) is 1. The summed E-state index contributed by atoms with van der Waals surface area (Å²) >= 11 is 1.65. The van der Waals surface area contributed by atoms with Crippen LogP contribution in [-0.4, -0.2) is 37.8 Å². The Morgan fingerprint density at radius 1 is 1.25 bits per heavy atom. The Labute approximate surface area is 148 Å². The van der Waals surface area contributed by atoms with E-state index >= 15 is 0 Å². The third-order valence-electron chi connectivity index (χ3n) is 4.00. The van der Waals surface area contributed by atoms with Crippen LogP contribution in [0.15, 0.2) is 53.4 Å². The first-order valence-electron chi connectivity index (χ1n) is 7.82. The zero-order chi connectivity index (χ0) is 17.5. The number of ether oxygens (including phenoxy) is 1. The Morgan fingerprint density at radius 3 is 2.71 bits per heavy atom. The molecule has 1 amide bonds. The van der Waals surface area contributed by atoms with E-state index in [9.17, 15) is 4.79 Å². The van der Waals surface area contributed by atoms with Crippen molar-refractivity contribution in [2.24, 2.45) is 0 Å². The van der Waals surface area contributed by atoms with Gasteiger partial charge in [-0.2, -0.15) is 0 Å². The number of likely N-dealkylation sites (N-methyl/N-ethyl adjacent to an activating group) is 1. The van der Waals surface area contributed by atoms with Gasteiger partial charge in [0.1, 0.15) is 5.75 Å². The van der Waals surface area contributed by atoms with E-state index in [2.05, 4.69) is 12.2 Å². The average molecular weight is 344 g/mol. The number of benzene rings is 2. The summed E-state index contributed by atoms with van der Waals surface area (Å²) in [6, 6.07) is 15.8. The molecule has 0 saturated heterocycles.